The SMILES string of the molecule is CCn1nc(-c2ccc(CN3CCC[C@H]([C@](C)(O)CO)C3)c(C3CC3)c2)cc1-c1cncc(C)c1. The number of pyridine rings is 1. The Morgan fingerprint density at radius 2 is 1.91 bits per heavy atom. The van der Waals surface area contributed by atoms with E-state index >= 15 is 0 Å². The first-order valence-corrected chi connectivity index (χ1v) is 13.1. The Kier molecular flexibility index (Phi) is 6.80. The van der Waals surface area contributed by atoms with Crippen molar-refractivity contribution in [3.63, 3.8) is 0 Å². The van der Waals surface area contributed by atoms with Gasteiger partial charge in [-0.15, -0.1) is 0 Å². The lowest BCUT2D eigenvalue weighted by Crippen LogP contribution is -2.47. The molecule has 0 radical (unpaired) electrons. The summed E-state index contributed by atoms with van der Waals surface area (Å²) >= 11 is 0. The molecule has 1 aliphatic heterocycles. The number of rotatable bonds is 8. The number of aryl methyl sites for hydroxylation is 2. The van der Waals surface area contributed by atoms with Gasteiger partial charge in [0.1, 0.15) is 0 Å². The van der Waals surface area contributed by atoms with Crippen molar-refractivity contribution in [1.82, 2.24) is 19.7 Å². The topological polar surface area (TPSA) is 74.4 Å². The molecule has 0 unspecified atom stereocenters. The number of piperidine rings is 1. The minimum atomic E-state index is -1.01. The summed E-state index contributed by atoms with van der Waals surface area (Å²) in [5.41, 5.74) is 7.35. The zero-order valence-corrected chi connectivity index (χ0v) is 21.2. The highest BCUT2D eigenvalue weighted by Gasteiger charge is 2.35. The first kappa shape index (κ1) is 24.2. The molecule has 3 aromatic rings. The van der Waals surface area contributed by atoms with E-state index in [4.69, 9.17) is 5.10 Å². The van der Waals surface area contributed by atoms with Crippen LogP contribution in [0.1, 0.15) is 62.1 Å². The second kappa shape index (κ2) is 9.84. The fraction of sp³-hybridized carbons (Fsp3) is 0.517. The molecular weight excluding hydrogens is 436 g/mol. The number of aromatic nitrogens is 3. The lowest BCUT2D eigenvalue weighted by Gasteiger charge is -2.39. The van der Waals surface area contributed by atoms with E-state index in [2.05, 4.69) is 58.7 Å². The molecule has 3 heterocycles. The van der Waals surface area contributed by atoms with Crippen molar-refractivity contribution in [3.05, 3.63) is 59.4 Å². The number of hydrogen-bond acceptors (Lipinski definition) is 5. The van der Waals surface area contributed by atoms with Gasteiger partial charge in [0.15, 0.2) is 0 Å². The molecular formula is C29H38N4O2. The van der Waals surface area contributed by atoms with E-state index in [9.17, 15) is 10.2 Å². The smallest absolute Gasteiger partial charge is 0.0929 e. The fourth-order valence-electron chi connectivity index (χ4n) is 5.48. The van der Waals surface area contributed by atoms with Gasteiger partial charge < -0.3 is 10.2 Å². The Balaban J connectivity index is 1.41. The summed E-state index contributed by atoms with van der Waals surface area (Å²) in [5.74, 6) is 0.747. The summed E-state index contributed by atoms with van der Waals surface area (Å²) in [4.78, 5) is 6.83. The average Bonchev–Trinajstić information content (AvgIpc) is 3.62. The van der Waals surface area contributed by atoms with Gasteiger partial charge in [0, 0.05) is 49.1 Å². The van der Waals surface area contributed by atoms with Gasteiger partial charge in [-0.05, 0) is 93.8 Å². The van der Waals surface area contributed by atoms with Crippen LogP contribution in [0.3, 0.4) is 0 Å². The summed E-state index contributed by atoms with van der Waals surface area (Å²) < 4.78 is 2.07. The summed E-state index contributed by atoms with van der Waals surface area (Å²) in [6.07, 6.45) is 8.33. The Labute approximate surface area is 208 Å². The van der Waals surface area contributed by atoms with Crippen LogP contribution >= 0.6 is 0 Å². The largest absolute Gasteiger partial charge is 0.393 e. The average molecular weight is 475 g/mol. The van der Waals surface area contributed by atoms with Crippen LogP contribution in [0.15, 0.2) is 42.7 Å². The minimum absolute atomic E-state index is 0.109. The van der Waals surface area contributed by atoms with Crippen molar-refractivity contribution in [3.8, 4) is 22.5 Å². The normalized spacial score (nSPS) is 20.7. The van der Waals surface area contributed by atoms with Crippen LogP contribution in [-0.2, 0) is 13.1 Å². The van der Waals surface area contributed by atoms with Gasteiger partial charge in [-0.25, -0.2) is 0 Å². The van der Waals surface area contributed by atoms with Crippen molar-refractivity contribution in [2.45, 2.75) is 71.1 Å². The molecule has 2 atom stereocenters. The number of hydrogen-bond donors (Lipinski definition) is 2. The van der Waals surface area contributed by atoms with E-state index in [0.717, 1.165) is 61.5 Å². The molecule has 5 rings (SSSR count). The van der Waals surface area contributed by atoms with Gasteiger partial charge >= 0.3 is 0 Å². The van der Waals surface area contributed by atoms with E-state index in [1.807, 2.05) is 12.4 Å². The summed E-state index contributed by atoms with van der Waals surface area (Å²) in [5, 5.41) is 25.2. The highest BCUT2D eigenvalue weighted by atomic mass is 16.3. The van der Waals surface area contributed by atoms with Crippen molar-refractivity contribution in [1.29, 1.82) is 0 Å². The third kappa shape index (κ3) is 5.20. The molecule has 0 bridgehead atoms. The molecule has 6 nitrogen and oxygen atoms in total. The number of aliphatic hydroxyl groups is 2. The van der Waals surface area contributed by atoms with Crippen LogP contribution in [0, 0.1) is 12.8 Å². The second-order valence-corrected chi connectivity index (χ2v) is 10.8. The van der Waals surface area contributed by atoms with Crippen molar-refractivity contribution < 1.29 is 10.2 Å². The van der Waals surface area contributed by atoms with E-state index in [1.54, 1.807) is 6.92 Å². The van der Waals surface area contributed by atoms with Crippen LogP contribution in [0.4, 0.5) is 0 Å². The highest BCUT2D eigenvalue weighted by Crippen LogP contribution is 2.43. The van der Waals surface area contributed by atoms with Crippen LogP contribution in [0.5, 0.6) is 0 Å². The van der Waals surface area contributed by atoms with Crippen molar-refractivity contribution in [2.75, 3.05) is 19.7 Å². The lowest BCUT2D eigenvalue weighted by atomic mass is 9.83. The second-order valence-electron chi connectivity index (χ2n) is 10.8. The van der Waals surface area contributed by atoms with Crippen LogP contribution in [-0.4, -0.2) is 55.2 Å². The first-order valence-electron chi connectivity index (χ1n) is 13.1. The fourth-order valence-corrected chi connectivity index (χ4v) is 5.48. The molecule has 2 fully saturated rings. The summed E-state index contributed by atoms with van der Waals surface area (Å²) in [6, 6.07) is 11.2. The van der Waals surface area contributed by atoms with E-state index < -0.39 is 5.60 Å². The van der Waals surface area contributed by atoms with Gasteiger partial charge in [-0.1, -0.05) is 12.1 Å². The maximum atomic E-state index is 10.6. The Hall–Kier alpha value is -2.54. The highest BCUT2D eigenvalue weighted by molar-refractivity contribution is 5.69. The molecule has 186 valence electrons. The molecule has 1 saturated heterocycles. The molecule has 0 amide bonds. The van der Waals surface area contributed by atoms with E-state index in [-0.39, 0.29) is 12.5 Å². The number of likely N-dealkylation sites (tertiary alicyclic amines) is 1. The molecule has 1 saturated carbocycles. The Morgan fingerprint density at radius 3 is 2.63 bits per heavy atom. The molecule has 1 aliphatic carbocycles. The van der Waals surface area contributed by atoms with Crippen LogP contribution in [0.25, 0.3) is 22.5 Å². The zero-order chi connectivity index (χ0) is 24.6. The molecule has 2 N–H and O–H groups in total. The molecule has 35 heavy (non-hydrogen) atoms. The van der Waals surface area contributed by atoms with Gasteiger partial charge in [-0.2, -0.15) is 5.10 Å². The first-order chi connectivity index (χ1) is 16.9. The van der Waals surface area contributed by atoms with Gasteiger partial charge in [0.05, 0.1) is 23.6 Å². The Morgan fingerprint density at radius 1 is 1.09 bits per heavy atom. The molecule has 1 aromatic carbocycles. The maximum Gasteiger partial charge on any atom is 0.0929 e. The third-order valence-electron chi connectivity index (χ3n) is 7.81. The summed E-state index contributed by atoms with van der Waals surface area (Å²) in [7, 11) is 0. The van der Waals surface area contributed by atoms with Crippen LogP contribution in [0.2, 0.25) is 0 Å². The number of aliphatic hydroxyl groups excluding tert-OH is 1. The monoisotopic (exact) mass is 474 g/mol. The molecule has 2 aliphatic rings. The van der Waals surface area contributed by atoms with Gasteiger partial charge in [0.2, 0.25) is 0 Å². The van der Waals surface area contributed by atoms with Crippen molar-refractivity contribution >= 4 is 0 Å². The maximum absolute atomic E-state index is 10.6. The molecule has 6 heteroatoms. The quantitative estimate of drug-likeness (QED) is 0.492. The lowest BCUT2D eigenvalue weighted by molar-refractivity contribution is -0.0697. The zero-order valence-electron chi connectivity index (χ0n) is 21.2. The number of nitrogens with zero attached hydrogens (tertiary/aromatic N) is 4. The van der Waals surface area contributed by atoms with E-state index in [1.165, 1.54) is 29.5 Å². The van der Waals surface area contributed by atoms with Crippen molar-refractivity contribution in [2.24, 2.45) is 5.92 Å². The third-order valence-corrected chi connectivity index (χ3v) is 7.81. The molecule has 0 spiro atoms. The Bertz CT molecular complexity index is 1180. The predicted molar refractivity (Wildman–Crippen MR) is 139 cm³/mol. The number of benzene rings is 1. The van der Waals surface area contributed by atoms with E-state index in [0.29, 0.717) is 5.92 Å². The standard InChI is InChI=1S/C29H38N4O2/c1-4-33-28(24-12-20(2)15-30-16-24)14-27(31-33)22-9-10-23(26(13-22)21-7-8-21)17-32-11-5-6-25(18-32)29(3,35)19-34/h9-10,12-16,21,25,34-35H,4-8,11,17-19H2,1-3H3/t25-,29+/m0/s1. The summed E-state index contributed by atoms with van der Waals surface area (Å²) in [6.45, 7) is 9.36. The van der Waals surface area contributed by atoms with Gasteiger partial charge in [-0.3, -0.25) is 14.6 Å². The predicted octanol–water partition coefficient (Wildman–Crippen LogP) is 4.77. The van der Waals surface area contributed by atoms with Crippen LogP contribution < -0.4 is 0 Å². The molecule has 2 aromatic heterocycles. The van der Waals surface area contributed by atoms with Gasteiger partial charge in [0.25, 0.3) is 0 Å². The minimum Gasteiger partial charge on any atom is -0.393 e.